The maximum absolute atomic E-state index is 12.0. The minimum Gasteiger partial charge on any atom is -0.460 e. The number of hydrogen-bond acceptors (Lipinski definition) is 4. The van der Waals surface area contributed by atoms with Gasteiger partial charge in [0.25, 0.3) is 0 Å². The SMILES string of the molecule is Cc1cc(Cl)ccc1NC(=O)CSC(C)C(=O)OCc1ccccc1. The van der Waals surface area contributed by atoms with Crippen LogP contribution in [0.5, 0.6) is 0 Å². The minimum absolute atomic E-state index is 0.168. The van der Waals surface area contributed by atoms with Gasteiger partial charge in [0.05, 0.1) is 5.75 Å². The van der Waals surface area contributed by atoms with Gasteiger partial charge in [0.1, 0.15) is 11.9 Å². The number of halogens is 1. The quantitative estimate of drug-likeness (QED) is 0.724. The number of aryl methyl sites for hydroxylation is 1. The third-order valence-corrected chi connectivity index (χ3v) is 4.84. The molecule has 0 spiro atoms. The van der Waals surface area contributed by atoms with Crippen LogP contribution in [0.15, 0.2) is 48.5 Å². The van der Waals surface area contributed by atoms with E-state index in [-0.39, 0.29) is 24.2 Å². The fourth-order valence-corrected chi connectivity index (χ4v) is 2.97. The predicted octanol–water partition coefficient (Wildman–Crippen LogP) is 4.45. The molecule has 0 aromatic heterocycles. The molecule has 0 saturated carbocycles. The van der Waals surface area contributed by atoms with Gasteiger partial charge in [0.15, 0.2) is 0 Å². The zero-order valence-corrected chi connectivity index (χ0v) is 15.7. The van der Waals surface area contributed by atoms with Gasteiger partial charge in [-0.3, -0.25) is 9.59 Å². The maximum Gasteiger partial charge on any atom is 0.319 e. The number of rotatable bonds is 7. The maximum atomic E-state index is 12.0. The Labute approximate surface area is 156 Å². The van der Waals surface area contributed by atoms with Crippen LogP contribution in [0.2, 0.25) is 5.02 Å². The molecule has 2 rings (SSSR count). The Morgan fingerprint density at radius 3 is 2.60 bits per heavy atom. The molecule has 0 heterocycles. The Bertz CT molecular complexity index is 737. The summed E-state index contributed by atoms with van der Waals surface area (Å²) in [7, 11) is 0. The molecule has 1 amide bonds. The highest BCUT2D eigenvalue weighted by Gasteiger charge is 2.17. The van der Waals surface area contributed by atoms with Crippen molar-refractivity contribution in [2.24, 2.45) is 0 Å². The Hall–Kier alpha value is -1.98. The van der Waals surface area contributed by atoms with Gasteiger partial charge in [-0.15, -0.1) is 11.8 Å². The Balaban J connectivity index is 1.75. The lowest BCUT2D eigenvalue weighted by atomic mass is 10.2. The summed E-state index contributed by atoms with van der Waals surface area (Å²) in [6.07, 6.45) is 0. The van der Waals surface area contributed by atoms with Gasteiger partial charge < -0.3 is 10.1 Å². The van der Waals surface area contributed by atoms with E-state index in [2.05, 4.69) is 5.32 Å². The normalized spacial score (nSPS) is 11.6. The largest absolute Gasteiger partial charge is 0.460 e. The van der Waals surface area contributed by atoms with E-state index in [0.29, 0.717) is 10.7 Å². The zero-order valence-electron chi connectivity index (χ0n) is 14.1. The summed E-state index contributed by atoms with van der Waals surface area (Å²) in [6, 6.07) is 14.8. The number of carbonyl (C=O) groups is 2. The van der Waals surface area contributed by atoms with Crippen LogP contribution in [-0.4, -0.2) is 22.9 Å². The van der Waals surface area contributed by atoms with Crippen LogP contribution in [0.1, 0.15) is 18.1 Å². The number of amides is 1. The van der Waals surface area contributed by atoms with Crippen LogP contribution in [0.4, 0.5) is 5.69 Å². The standard InChI is InChI=1S/C19H20ClNO3S/c1-13-10-16(20)8-9-17(13)21-18(22)12-25-14(2)19(23)24-11-15-6-4-3-5-7-15/h3-10,14H,11-12H2,1-2H3,(H,21,22). The summed E-state index contributed by atoms with van der Waals surface area (Å²) in [5.74, 6) is -0.327. The first kappa shape index (κ1) is 19.3. The van der Waals surface area contributed by atoms with Crippen LogP contribution in [0.25, 0.3) is 0 Å². The van der Waals surface area contributed by atoms with Crippen molar-refractivity contribution in [1.82, 2.24) is 0 Å². The van der Waals surface area contributed by atoms with Gasteiger partial charge in [-0.25, -0.2) is 0 Å². The second-order valence-electron chi connectivity index (χ2n) is 5.55. The van der Waals surface area contributed by atoms with Gasteiger partial charge in [0, 0.05) is 10.7 Å². The van der Waals surface area contributed by atoms with E-state index < -0.39 is 5.25 Å². The van der Waals surface area contributed by atoms with Crippen LogP contribution in [0.3, 0.4) is 0 Å². The summed E-state index contributed by atoms with van der Waals surface area (Å²) in [4.78, 5) is 24.0. The van der Waals surface area contributed by atoms with Crippen LogP contribution >= 0.6 is 23.4 Å². The number of carbonyl (C=O) groups excluding carboxylic acids is 2. The molecule has 4 nitrogen and oxygen atoms in total. The van der Waals surface area contributed by atoms with Crippen LogP contribution in [0, 0.1) is 6.92 Å². The second-order valence-corrected chi connectivity index (χ2v) is 7.32. The number of ether oxygens (including phenoxy) is 1. The first-order valence-electron chi connectivity index (χ1n) is 7.84. The molecule has 0 saturated heterocycles. The average molecular weight is 378 g/mol. The van der Waals surface area contributed by atoms with Crippen LogP contribution < -0.4 is 5.32 Å². The Kier molecular flexibility index (Phi) is 7.34. The van der Waals surface area contributed by atoms with Gasteiger partial charge in [0.2, 0.25) is 5.91 Å². The molecule has 0 fully saturated rings. The molecular weight excluding hydrogens is 358 g/mol. The highest BCUT2D eigenvalue weighted by atomic mass is 35.5. The number of hydrogen-bond donors (Lipinski definition) is 1. The van der Waals surface area contributed by atoms with Crippen molar-refractivity contribution in [2.75, 3.05) is 11.1 Å². The van der Waals surface area contributed by atoms with Crippen molar-refractivity contribution in [3.63, 3.8) is 0 Å². The molecular formula is C19H20ClNO3S. The molecule has 1 unspecified atom stereocenters. The molecule has 6 heteroatoms. The molecule has 1 N–H and O–H groups in total. The first-order valence-corrected chi connectivity index (χ1v) is 9.26. The fraction of sp³-hybridized carbons (Fsp3) is 0.263. The van der Waals surface area contributed by atoms with Gasteiger partial charge in [-0.1, -0.05) is 41.9 Å². The predicted molar refractivity (Wildman–Crippen MR) is 103 cm³/mol. The molecule has 0 aliphatic heterocycles. The van der Waals surface area contributed by atoms with E-state index in [1.165, 1.54) is 11.8 Å². The highest BCUT2D eigenvalue weighted by Crippen LogP contribution is 2.20. The lowest BCUT2D eigenvalue weighted by Crippen LogP contribution is -2.21. The smallest absolute Gasteiger partial charge is 0.319 e. The van der Waals surface area contributed by atoms with E-state index in [1.807, 2.05) is 37.3 Å². The summed E-state index contributed by atoms with van der Waals surface area (Å²) in [6.45, 7) is 3.85. The lowest BCUT2D eigenvalue weighted by Gasteiger charge is -2.12. The van der Waals surface area contributed by atoms with Crippen molar-refractivity contribution >= 4 is 40.9 Å². The molecule has 0 bridgehead atoms. The summed E-state index contributed by atoms with van der Waals surface area (Å²) >= 11 is 7.14. The number of nitrogens with one attached hydrogen (secondary N) is 1. The highest BCUT2D eigenvalue weighted by molar-refractivity contribution is 8.01. The van der Waals surface area contributed by atoms with Gasteiger partial charge in [-0.2, -0.15) is 0 Å². The molecule has 1 atom stereocenters. The molecule has 25 heavy (non-hydrogen) atoms. The molecule has 132 valence electrons. The van der Waals surface area contributed by atoms with Gasteiger partial charge >= 0.3 is 5.97 Å². The van der Waals surface area contributed by atoms with Crippen molar-refractivity contribution in [1.29, 1.82) is 0 Å². The van der Waals surface area contributed by atoms with Crippen molar-refractivity contribution in [3.8, 4) is 0 Å². The third kappa shape index (κ3) is 6.44. The van der Waals surface area contributed by atoms with E-state index >= 15 is 0 Å². The van der Waals surface area contributed by atoms with Crippen molar-refractivity contribution in [3.05, 3.63) is 64.7 Å². The summed E-state index contributed by atoms with van der Waals surface area (Å²) < 4.78 is 5.27. The zero-order chi connectivity index (χ0) is 18.2. The Morgan fingerprint density at radius 1 is 1.20 bits per heavy atom. The first-order chi connectivity index (χ1) is 12.0. The second kappa shape index (κ2) is 9.49. The average Bonchev–Trinajstić information content (AvgIpc) is 2.61. The van der Waals surface area contributed by atoms with E-state index in [9.17, 15) is 9.59 Å². The van der Waals surface area contributed by atoms with Crippen LogP contribution in [-0.2, 0) is 20.9 Å². The summed E-state index contributed by atoms with van der Waals surface area (Å²) in [5.41, 5.74) is 2.54. The molecule has 2 aromatic carbocycles. The molecule has 0 aliphatic rings. The third-order valence-electron chi connectivity index (χ3n) is 3.48. The number of anilines is 1. The van der Waals surface area contributed by atoms with E-state index in [0.717, 1.165) is 11.1 Å². The monoisotopic (exact) mass is 377 g/mol. The van der Waals surface area contributed by atoms with Gasteiger partial charge in [-0.05, 0) is 43.2 Å². The van der Waals surface area contributed by atoms with E-state index in [1.54, 1.807) is 25.1 Å². The molecule has 2 aromatic rings. The molecule has 0 radical (unpaired) electrons. The Morgan fingerprint density at radius 2 is 1.92 bits per heavy atom. The number of thioether (sulfide) groups is 1. The minimum atomic E-state index is -0.416. The van der Waals surface area contributed by atoms with E-state index in [4.69, 9.17) is 16.3 Å². The molecule has 0 aliphatic carbocycles. The van der Waals surface area contributed by atoms with Crippen molar-refractivity contribution in [2.45, 2.75) is 25.7 Å². The topological polar surface area (TPSA) is 55.4 Å². The number of benzene rings is 2. The van der Waals surface area contributed by atoms with Crippen molar-refractivity contribution < 1.29 is 14.3 Å². The summed E-state index contributed by atoms with van der Waals surface area (Å²) in [5, 5.41) is 3.03. The lowest BCUT2D eigenvalue weighted by molar-refractivity contribution is -0.143. The number of esters is 1. The fourth-order valence-electron chi connectivity index (χ4n) is 2.07.